The molecule has 0 saturated carbocycles. The zero-order valence-corrected chi connectivity index (χ0v) is 10.6. The molecule has 1 aliphatic heterocycles. The fraction of sp³-hybridized carbons (Fsp3) is 0.636. The Morgan fingerprint density at radius 1 is 1.53 bits per heavy atom. The Bertz CT molecular complexity index is 322. The van der Waals surface area contributed by atoms with Gasteiger partial charge >= 0.3 is 0 Å². The molecule has 1 aliphatic rings. The van der Waals surface area contributed by atoms with Gasteiger partial charge in [-0.3, -0.25) is 9.48 Å². The van der Waals surface area contributed by atoms with E-state index in [1.165, 1.54) is 6.42 Å². The van der Waals surface area contributed by atoms with Crippen molar-refractivity contribution in [1.82, 2.24) is 20.4 Å². The number of carbonyl (C=O) groups is 1. The third-order valence-corrected chi connectivity index (χ3v) is 2.83. The Morgan fingerprint density at radius 2 is 2.41 bits per heavy atom. The van der Waals surface area contributed by atoms with Crippen LogP contribution in [0.1, 0.15) is 19.3 Å². The van der Waals surface area contributed by atoms with Gasteiger partial charge in [0.05, 0.1) is 12.6 Å². The Hall–Kier alpha value is -1.07. The highest BCUT2D eigenvalue weighted by molar-refractivity contribution is 5.85. The molecule has 1 aromatic rings. The van der Waals surface area contributed by atoms with Gasteiger partial charge in [0.25, 0.3) is 0 Å². The highest BCUT2D eigenvalue weighted by atomic mass is 35.5. The molecule has 1 amide bonds. The molecule has 2 N–H and O–H groups in total. The molecule has 2 heterocycles. The predicted octanol–water partition coefficient (Wildman–Crippen LogP) is 0.563. The maximum absolute atomic E-state index is 11.7. The summed E-state index contributed by atoms with van der Waals surface area (Å²) < 4.78 is 1.81. The molecule has 1 saturated heterocycles. The van der Waals surface area contributed by atoms with E-state index in [1.807, 2.05) is 16.9 Å². The van der Waals surface area contributed by atoms with Gasteiger partial charge in [0, 0.05) is 18.9 Å². The van der Waals surface area contributed by atoms with Crippen molar-refractivity contribution in [3.63, 3.8) is 0 Å². The van der Waals surface area contributed by atoms with Gasteiger partial charge < -0.3 is 10.6 Å². The smallest absolute Gasteiger partial charge is 0.237 e. The maximum atomic E-state index is 11.7. The topological polar surface area (TPSA) is 59.0 Å². The van der Waals surface area contributed by atoms with Crippen LogP contribution in [-0.4, -0.2) is 34.8 Å². The van der Waals surface area contributed by atoms with E-state index in [9.17, 15) is 4.79 Å². The van der Waals surface area contributed by atoms with Gasteiger partial charge in [-0.2, -0.15) is 5.10 Å². The number of hydrogen-bond acceptors (Lipinski definition) is 3. The van der Waals surface area contributed by atoms with Crippen LogP contribution in [0.25, 0.3) is 0 Å². The van der Waals surface area contributed by atoms with Crippen LogP contribution in [0.3, 0.4) is 0 Å². The van der Waals surface area contributed by atoms with Crippen LogP contribution in [-0.2, 0) is 11.3 Å². The Kier molecular flexibility index (Phi) is 6.00. The van der Waals surface area contributed by atoms with E-state index in [0.717, 1.165) is 25.9 Å². The number of piperidine rings is 1. The van der Waals surface area contributed by atoms with Gasteiger partial charge in [0.15, 0.2) is 0 Å². The first-order valence-electron chi connectivity index (χ1n) is 5.85. The molecule has 0 radical (unpaired) electrons. The van der Waals surface area contributed by atoms with Crippen LogP contribution in [0, 0.1) is 0 Å². The van der Waals surface area contributed by atoms with Crippen molar-refractivity contribution in [3.05, 3.63) is 18.5 Å². The lowest BCUT2D eigenvalue weighted by Crippen LogP contribution is -2.47. The second-order valence-electron chi connectivity index (χ2n) is 4.06. The lowest BCUT2D eigenvalue weighted by atomic mass is 10.0. The normalized spacial score (nSPS) is 19.4. The summed E-state index contributed by atoms with van der Waals surface area (Å²) in [5, 5.41) is 10.2. The summed E-state index contributed by atoms with van der Waals surface area (Å²) in [6, 6.07) is 1.89. The van der Waals surface area contributed by atoms with E-state index in [0.29, 0.717) is 6.54 Å². The Balaban J connectivity index is 0.00000144. The molecule has 1 atom stereocenters. The van der Waals surface area contributed by atoms with E-state index < -0.39 is 0 Å². The third-order valence-electron chi connectivity index (χ3n) is 2.83. The van der Waals surface area contributed by atoms with Crippen LogP contribution < -0.4 is 10.6 Å². The third kappa shape index (κ3) is 4.36. The summed E-state index contributed by atoms with van der Waals surface area (Å²) >= 11 is 0. The summed E-state index contributed by atoms with van der Waals surface area (Å²) in [4.78, 5) is 11.7. The van der Waals surface area contributed by atoms with Gasteiger partial charge in [-0.15, -0.1) is 12.4 Å². The number of carbonyl (C=O) groups excluding carboxylic acids is 1. The standard InChI is InChI=1S/C11H18N4O.ClH/c16-11(10-4-1-2-5-12-10)13-7-9-15-8-3-6-14-15;/h3,6,8,10,12H,1-2,4-5,7,9H2,(H,13,16);1H/t10-;/m1./s1. The second-order valence-corrected chi connectivity index (χ2v) is 4.06. The maximum Gasteiger partial charge on any atom is 0.237 e. The molecule has 2 rings (SSSR count). The highest BCUT2D eigenvalue weighted by Gasteiger charge is 2.19. The quantitative estimate of drug-likeness (QED) is 0.830. The molecule has 0 aromatic carbocycles. The van der Waals surface area contributed by atoms with Crippen LogP contribution in [0.5, 0.6) is 0 Å². The van der Waals surface area contributed by atoms with Crippen LogP contribution in [0.2, 0.25) is 0 Å². The summed E-state index contributed by atoms with van der Waals surface area (Å²) in [5.74, 6) is 0.117. The molecular weight excluding hydrogens is 240 g/mol. The van der Waals surface area contributed by atoms with Gasteiger partial charge in [-0.25, -0.2) is 0 Å². The molecule has 6 heteroatoms. The Morgan fingerprint density at radius 3 is 3.06 bits per heavy atom. The molecule has 5 nitrogen and oxygen atoms in total. The summed E-state index contributed by atoms with van der Waals surface area (Å²) in [5.41, 5.74) is 0. The van der Waals surface area contributed by atoms with Crippen molar-refractivity contribution in [2.24, 2.45) is 0 Å². The zero-order chi connectivity index (χ0) is 11.2. The zero-order valence-electron chi connectivity index (χ0n) is 9.76. The molecule has 1 fully saturated rings. The molecule has 0 bridgehead atoms. The number of hydrogen-bond donors (Lipinski definition) is 2. The monoisotopic (exact) mass is 258 g/mol. The molecule has 0 aliphatic carbocycles. The number of nitrogens with one attached hydrogen (secondary N) is 2. The van der Waals surface area contributed by atoms with Crippen molar-refractivity contribution < 1.29 is 4.79 Å². The minimum absolute atomic E-state index is 0. The average Bonchev–Trinajstić information content (AvgIpc) is 2.83. The van der Waals surface area contributed by atoms with Crippen LogP contribution in [0.15, 0.2) is 18.5 Å². The van der Waals surface area contributed by atoms with Gasteiger partial charge in [0.1, 0.15) is 0 Å². The number of aromatic nitrogens is 2. The van der Waals surface area contributed by atoms with Crippen molar-refractivity contribution in [3.8, 4) is 0 Å². The van der Waals surface area contributed by atoms with E-state index in [1.54, 1.807) is 6.20 Å². The first-order chi connectivity index (χ1) is 7.86. The molecule has 0 unspecified atom stereocenters. The number of amides is 1. The molecule has 17 heavy (non-hydrogen) atoms. The summed E-state index contributed by atoms with van der Waals surface area (Å²) in [6.07, 6.45) is 6.91. The van der Waals surface area contributed by atoms with Crippen molar-refractivity contribution in [2.75, 3.05) is 13.1 Å². The second kappa shape index (κ2) is 7.29. The number of rotatable bonds is 4. The van der Waals surface area contributed by atoms with Gasteiger partial charge in [-0.05, 0) is 25.5 Å². The largest absolute Gasteiger partial charge is 0.353 e. The van der Waals surface area contributed by atoms with Gasteiger partial charge in [0.2, 0.25) is 5.91 Å². The Labute approximate surface area is 107 Å². The lowest BCUT2D eigenvalue weighted by molar-refractivity contribution is -0.123. The van der Waals surface area contributed by atoms with Crippen molar-refractivity contribution in [1.29, 1.82) is 0 Å². The first-order valence-corrected chi connectivity index (χ1v) is 5.85. The van der Waals surface area contributed by atoms with E-state index in [-0.39, 0.29) is 24.4 Å². The lowest BCUT2D eigenvalue weighted by Gasteiger charge is -2.22. The van der Waals surface area contributed by atoms with Crippen molar-refractivity contribution in [2.45, 2.75) is 31.8 Å². The summed E-state index contributed by atoms with van der Waals surface area (Å²) in [7, 11) is 0. The molecular formula is C11H19ClN4O. The number of nitrogens with zero attached hydrogens (tertiary/aromatic N) is 2. The fourth-order valence-electron chi connectivity index (χ4n) is 1.93. The SMILES string of the molecule is Cl.O=C(NCCn1cccn1)[C@H]1CCCCN1. The summed E-state index contributed by atoms with van der Waals surface area (Å²) in [6.45, 7) is 2.32. The van der Waals surface area contributed by atoms with E-state index in [2.05, 4.69) is 15.7 Å². The predicted molar refractivity (Wildman–Crippen MR) is 68.1 cm³/mol. The van der Waals surface area contributed by atoms with Crippen molar-refractivity contribution >= 4 is 18.3 Å². The highest BCUT2D eigenvalue weighted by Crippen LogP contribution is 2.06. The van der Waals surface area contributed by atoms with Crippen LogP contribution >= 0.6 is 12.4 Å². The molecule has 0 spiro atoms. The minimum Gasteiger partial charge on any atom is -0.353 e. The van der Waals surface area contributed by atoms with E-state index >= 15 is 0 Å². The fourth-order valence-corrected chi connectivity index (χ4v) is 1.93. The van der Waals surface area contributed by atoms with Crippen LogP contribution in [0.4, 0.5) is 0 Å². The van der Waals surface area contributed by atoms with E-state index in [4.69, 9.17) is 0 Å². The molecule has 1 aromatic heterocycles. The number of halogens is 1. The average molecular weight is 259 g/mol. The first kappa shape index (κ1) is 14.0. The minimum atomic E-state index is 0. The molecule has 96 valence electrons. The van der Waals surface area contributed by atoms with Gasteiger partial charge in [-0.1, -0.05) is 6.42 Å².